The van der Waals surface area contributed by atoms with Gasteiger partial charge in [-0.05, 0) is 12.8 Å². The van der Waals surface area contributed by atoms with E-state index < -0.39 is 19.0 Å². The standard InChI is InChI=1S/C10H18BN3O5/c1-7(15)12-5-9(16)13-6-10(17)14-4-2-3-8(14)11(18)19/h8,18-19H,2-6H2,1H3,(H,12,15)(H,13,16). The van der Waals surface area contributed by atoms with Crippen molar-refractivity contribution in [2.75, 3.05) is 19.6 Å². The van der Waals surface area contributed by atoms with Gasteiger partial charge in [0.2, 0.25) is 17.7 Å². The van der Waals surface area contributed by atoms with Gasteiger partial charge in [-0.3, -0.25) is 14.4 Å². The van der Waals surface area contributed by atoms with Crippen LogP contribution in [0, 0.1) is 0 Å². The van der Waals surface area contributed by atoms with Crippen molar-refractivity contribution in [3.05, 3.63) is 0 Å². The molecule has 1 aliphatic rings. The number of amides is 3. The molecule has 1 fully saturated rings. The van der Waals surface area contributed by atoms with Crippen molar-refractivity contribution in [2.24, 2.45) is 0 Å². The Hall–Kier alpha value is -1.61. The lowest BCUT2D eigenvalue weighted by Gasteiger charge is -2.24. The maximum atomic E-state index is 11.8. The average Bonchev–Trinajstić information content (AvgIpc) is 2.82. The van der Waals surface area contributed by atoms with Crippen LogP contribution in [-0.2, 0) is 14.4 Å². The summed E-state index contributed by atoms with van der Waals surface area (Å²) in [4.78, 5) is 35.0. The Kier molecular flexibility index (Phi) is 5.77. The highest BCUT2D eigenvalue weighted by Gasteiger charge is 2.36. The molecule has 0 aliphatic carbocycles. The highest BCUT2D eigenvalue weighted by molar-refractivity contribution is 6.43. The van der Waals surface area contributed by atoms with Gasteiger partial charge in [-0.1, -0.05) is 0 Å². The third-order valence-corrected chi connectivity index (χ3v) is 2.90. The lowest BCUT2D eigenvalue weighted by Crippen LogP contribution is -2.49. The lowest BCUT2D eigenvalue weighted by molar-refractivity contribution is -0.132. The Labute approximate surface area is 111 Å². The zero-order valence-corrected chi connectivity index (χ0v) is 10.8. The fourth-order valence-corrected chi connectivity index (χ4v) is 1.96. The fraction of sp³-hybridized carbons (Fsp3) is 0.700. The lowest BCUT2D eigenvalue weighted by atomic mass is 9.78. The molecule has 1 saturated heterocycles. The first-order valence-electron chi connectivity index (χ1n) is 6.08. The molecule has 19 heavy (non-hydrogen) atoms. The number of carbonyl (C=O) groups excluding carboxylic acids is 3. The zero-order valence-electron chi connectivity index (χ0n) is 10.8. The summed E-state index contributed by atoms with van der Waals surface area (Å²) in [6.45, 7) is 1.33. The van der Waals surface area contributed by atoms with Gasteiger partial charge in [0.25, 0.3) is 0 Å². The van der Waals surface area contributed by atoms with E-state index in [4.69, 9.17) is 10.0 Å². The number of hydrogen-bond donors (Lipinski definition) is 4. The third kappa shape index (κ3) is 4.88. The summed E-state index contributed by atoms with van der Waals surface area (Å²) in [5.41, 5.74) is 0. The van der Waals surface area contributed by atoms with Crippen molar-refractivity contribution in [3.63, 3.8) is 0 Å². The van der Waals surface area contributed by atoms with Crippen molar-refractivity contribution in [1.29, 1.82) is 0 Å². The molecule has 4 N–H and O–H groups in total. The van der Waals surface area contributed by atoms with Crippen LogP contribution >= 0.6 is 0 Å². The minimum atomic E-state index is -1.57. The van der Waals surface area contributed by atoms with E-state index in [-0.39, 0.29) is 24.9 Å². The molecule has 0 aromatic carbocycles. The van der Waals surface area contributed by atoms with Crippen LogP contribution in [-0.4, -0.2) is 65.4 Å². The van der Waals surface area contributed by atoms with Crippen LogP contribution in [0.25, 0.3) is 0 Å². The maximum Gasteiger partial charge on any atom is 0.475 e. The summed E-state index contributed by atoms with van der Waals surface area (Å²) in [7, 11) is -1.57. The van der Waals surface area contributed by atoms with Crippen LogP contribution in [0.5, 0.6) is 0 Å². The zero-order chi connectivity index (χ0) is 14.4. The molecule has 9 heteroatoms. The second kappa shape index (κ2) is 7.10. The molecule has 0 radical (unpaired) electrons. The molecule has 1 rings (SSSR count). The van der Waals surface area contributed by atoms with Gasteiger partial charge in [-0.15, -0.1) is 0 Å². The van der Waals surface area contributed by atoms with Gasteiger partial charge in [0.1, 0.15) is 0 Å². The van der Waals surface area contributed by atoms with Crippen molar-refractivity contribution < 1.29 is 24.4 Å². The van der Waals surface area contributed by atoms with Crippen LogP contribution in [0.2, 0.25) is 0 Å². The average molecular weight is 271 g/mol. The molecule has 1 atom stereocenters. The summed E-state index contributed by atoms with van der Waals surface area (Å²) in [5, 5.41) is 22.9. The van der Waals surface area contributed by atoms with E-state index in [2.05, 4.69) is 10.6 Å². The molecule has 1 heterocycles. The van der Waals surface area contributed by atoms with E-state index in [9.17, 15) is 14.4 Å². The molecule has 1 aliphatic heterocycles. The Morgan fingerprint density at radius 1 is 1.26 bits per heavy atom. The third-order valence-electron chi connectivity index (χ3n) is 2.90. The molecule has 0 spiro atoms. The van der Waals surface area contributed by atoms with E-state index >= 15 is 0 Å². The highest BCUT2D eigenvalue weighted by Crippen LogP contribution is 2.17. The van der Waals surface area contributed by atoms with Crippen molar-refractivity contribution >= 4 is 24.8 Å². The second-order valence-corrected chi connectivity index (χ2v) is 4.40. The molecule has 0 saturated carbocycles. The molecule has 106 valence electrons. The van der Waals surface area contributed by atoms with Crippen LogP contribution in [0.15, 0.2) is 0 Å². The number of hydrogen-bond acceptors (Lipinski definition) is 5. The van der Waals surface area contributed by atoms with Gasteiger partial charge in [0.05, 0.1) is 19.0 Å². The van der Waals surface area contributed by atoms with Crippen LogP contribution < -0.4 is 10.6 Å². The van der Waals surface area contributed by atoms with E-state index in [1.165, 1.54) is 11.8 Å². The molecular weight excluding hydrogens is 253 g/mol. The Morgan fingerprint density at radius 2 is 1.95 bits per heavy atom. The molecule has 0 aromatic rings. The summed E-state index contributed by atoms with van der Waals surface area (Å²) in [5.74, 6) is -1.78. The Morgan fingerprint density at radius 3 is 2.53 bits per heavy atom. The van der Waals surface area contributed by atoms with Gasteiger partial charge < -0.3 is 25.6 Å². The Balaban J connectivity index is 2.34. The predicted octanol–water partition coefficient (Wildman–Crippen LogP) is -2.76. The minimum Gasteiger partial charge on any atom is -0.426 e. The minimum absolute atomic E-state index is 0.186. The van der Waals surface area contributed by atoms with Crippen molar-refractivity contribution in [2.45, 2.75) is 25.7 Å². The normalized spacial score (nSPS) is 18.1. The fourth-order valence-electron chi connectivity index (χ4n) is 1.96. The van der Waals surface area contributed by atoms with E-state index in [0.29, 0.717) is 19.4 Å². The SMILES string of the molecule is CC(=O)NCC(=O)NCC(=O)N1CCCC1B(O)O. The summed E-state index contributed by atoms with van der Waals surface area (Å²) >= 11 is 0. The molecule has 3 amide bonds. The van der Waals surface area contributed by atoms with Crippen LogP contribution in [0.3, 0.4) is 0 Å². The first kappa shape index (κ1) is 15.5. The molecular formula is C10H18BN3O5. The number of likely N-dealkylation sites (tertiary alicyclic amines) is 1. The van der Waals surface area contributed by atoms with Gasteiger partial charge in [-0.25, -0.2) is 0 Å². The summed E-state index contributed by atoms with van der Waals surface area (Å²) < 4.78 is 0. The van der Waals surface area contributed by atoms with Crippen LogP contribution in [0.4, 0.5) is 0 Å². The predicted molar refractivity (Wildman–Crippen MR) is 66.6 cm³/mol. The summed E-state index contributed by atoms with van der Waals surface area (Å²) in [6, 6.07) is 0. The number of rotatable bonds is 5. The largest absolute Gasteiger partial charge is 0.475 e. The first-order chi connectivity index (χ1) is 8.91. The van der Waals surface area contributed by atoms with Gasteiger partial charge >= 0.3 is 7.12 Å². The molecule has 0 bridgehead atoms. The number of nitrogens with zero attached hydrogens (tertiary/aromatic N) is 1. The highest BCUT2D eigenvalue weighted by atomic mass is 16.4. The topological polar surface area (TPSA) is 119 Å². The van der Waals surface area contributed by atoms with E-state index in [1.54, 1.807) is 0 Å². The van der Waals surface area contributed by atoms with Crippen LogP contribution in [0.1, 0.15) is 19.8 Å². The second-order valence-electron chi connectivity index (χ2n) is 4.40. The summed E-state index contributed by atoms with van der Waals surface area (Å²) in [6.07, 6.45) is 1.23. The molecule has 8 nitrogen and oxygen atoms in total. The van der Waals surface area contributed by atoms with E-state index in [1.807, 2.05) is 0 Å². The quantitative estimate of drug-likeness (QED) is 0.404. The van der Waals surface area contributed by atoms with Gasteiger partial charge in [-0.2, -0.15) is 0 Å². The van der Waals surface area contributed by atoms with Crippen molar-refractivity contribution in [1.82, 2.24) is 15.5 Å². The maximum absolute atomic E-state index is 11.8. The first-order valence-corrected chi connectivity index (χ1v) is 6.08. The molecule has 0 aromatic heterocycles. The van der Waals surface area contributed by atoms with Crippen molar-refractivity contribution in [3.8, 4) is 0 Å². The number of carbonyl (C=O) groups is 3. The van der Waals surface area contributed by atoms with Gasteiger partial charge in [0, 0.05) is 13.5 Å². The molecule has 1 unspecified atom stereocenters. The Bertz CT molecular complexity index is 363. The van der Waals surface area contributed by atoms with E-state index in [0.717, 1.165) is 0 Å². The van der Waals surface area contributed by atoms with Gasteiger partial charge in [0.15, 0.2) is 0 Å². The monoisotopic (exact) mass is 271 g/mol. The smallest absolute Gasteiger partial charge is 0.426 e. The number of nitrogens with one attached hydrogen (secondary N) is 2.